The Balaban J connectivity index is 1.71. The normalized spacial score (nSPS) is 15.7. The van der Waals surface area contributed by atoms with Crippen molar-refractivity contribution < 1.29 is 18.3 Å². The molecule has 0 spiro atoms. The Labute approximate surface area is 131 Å². The molecule has 2 aromatic rings. The van der Waals surface area contributed by atoms with Gasteiger partial charge in [0.15, 0.2) is 11.6 Å². The highest BCUT2D eigenvalue weighted by Crippen LogP contribution is 2.28. The molecule has 1 aliphatic rings. The third kappa shape index (κ3) is 2.88. The third-order valence-electron chi connectivity index (χ3n) is 4.10. The maximum Gasteiger partial charge on any atom is 0.256 e. The summed E-state index contributed by atoms with van der Waals surface area (Å²) in [7, 11) is 1.24. The smallest absolute Gasteiger partial charge is 0.256 e. The fourth-order valence-corrected chi connectivity index (χ4v) is 2.79. The van der Waals surface area contributed by atoms with Crippen molar-refractivity contribution in [1.82, 2.24) is 20.1 Å². The van der Waals surface area contributed by atoms with Gasteiger partial charge in [0.1, 0.15) is 12.2 Å². The summed E-state index contributed by atoms with van der Waals surface area (Å²) in [4.78, 5) is 18.1. The number of methoxy groups -OCH3 is 1. The van der Waals surface area contributed by atoms with E-state index in [-0.39, 0.29) is 17.2 Å². The lowest BCUT2D eigenvalue weighted by molar-refractivity contribution is 0.0705. The van der Waals surface area contributed by atoms with Gasteiger partial charge in [0.25, 0.3) is 5.91 Å². The monoisotopic (exact) mass is 322 g/mol. The van der Waals surface area contributed by atoms with Crippen molar-refractivity contribution in [3.63, 3.8) is 0 Å². The summed E-state index contributed by atoms with van der Waals surface area (Å²) >= 11 is 0. The molecule has 0 unspecified atom stereocenters. The van der Waals surface area contributed by atoms with Gasteiger partial charge in [-0.1, -0.05) is 0 Å². The number of benzene rings is 1. The number of ether oxygens (including phenoxy) is 1. The van der Waals surface area contributed by atoms with Crippen LogP contribution >= 0.6 is 0 Å². The Hall–Kier alpha value is -2.51. The minimum absolute atomic E-state index is 0.194. The molecule has 1 aliphatic heterocycles. The number of amides is 1. The van der Waals surface area contributed by atoms with Crippen molar-refractivity contribution in [2.45, 2.75) is 18.8 Å². The molecule has 0 atom stereocenters. The van der Waals surface area contributed by atoms with Crippen LogP contribution in [-0.4, -0.2) is 46.2 Å². The number of nitrogens with zero attached hydrogens (tertiary/aromatic N) is 3. The highest BCUT2D eigenvalue weighted by Gasteiger charge is 2.28. The molecule has 0 aliphatic carbocycles. The summed E-state index contributed by atoms with van der Waals surface area (Å²) in [6.45, 7) is 0.911. The molecule has 0 radical (unpaired) electrons. The van der Waals surface area contributed by atoms with Crippen LogP contribution in [0.4, 0.5) is 8.78 Å². The van der Waals surface area contributed by atoms with Crippen LogP contribution in [0.1, 0.15) is 34.9 Å². The van der Waals surface area contributed by atoms with Gasteiger partial charge < -0.3 is 9.64 Å². The molecule has 1 N–H and O–H groups in total. The maximum absolute atomic E-state index is 14.0. The van der Waals surface area contributed by atoms with Gasteiger partial charge in [0, 0.05) is 19.0 Å². The second kappa shape index (κ2) is 6.31. The fraction of sp³-hybridized carbons (Fsp3) is 0.400. The van der Waals surface area contributed by atoms with E-state index in [0.717, 1.165) is 5.82 Å². The van der Waals surface area contributed by atoms with Crippen molar-refractivity contribution in [3.8, 4) is 5.75 Å². The van der Waals surface area contributed by atoms with E-state index in [9.17, 15) is 13.6 Å². The molecule has 0 bridgehead atoms. The molecule has 122 valence electrons. The van der Waals surface area contributed by atoms with Gasteiger partial charge in [0.2, 0.25) is 5.82 Å². The zero-order valence-electron chi connectivity index (χ0n) is 12.6. The third-order valence-corrected chi connectivity index (χ3v) is 4.10. The van der Waals surface area contributed by atoms with Gasteiger partial charge in [-0.25, -0.2) is 9.37 Å². The van der Waals surface area contributed by atoms with Crippen LogP contribution in [0.15, 0.2) is 18.5 Å². The van der Waals surface area contributed by atoms with Gasteiger partial charge in [-0.15, -0.1) is 0 Å². The number of rotatable bonds is 3. The van der Waals surface area contributed by atoms with E-state index < -0.39 is 17.5 Å². The van der Waals surface area contributed by atoms with E-state index in [2.05, 4.69) is 15.2 Å². The van der Waals surface area contributed by atoms with Gasteiger partial charge in [-0.05, 0) is 25.0 Å². The van der Waals surface area contributed by atoms with Crippen molar-refractivity contribution in [3.05, 3.63) is 41.5 Å². The van der Waals surface area contributed by atoms with Crippen molar-refractivity contribution in [2.24, 2.45) is 0 Å². The highest BCUT2D eigenvalue weighted by molar-refractivity contribution is 5.94. The van der Waals surface area contributed by atoms with Crippen LogP contribution in [0, 0.1) is 11.6 Å². The quantitative estimate of drug-likeness (QED) is 0.939. The standard InChI is InChI=1S/C15H16F2N4O2/c1-23-11-3-2-10(12(16)13(11)17)15(22)21-6-4-9(5-7-21)14-18-8-19-20-14/h2-3,8-9H,4-7H2,1H3,(H,18,19,20). The average Bonchev–Trinajstić information content (AvgIpc) is 3.11. The van der Waals surface area contributed by atoms with E-state index in [1.54, 1.807) is 0 Å². The summed E-state index contributed by atoms with van der Waals surface area (Å²) in [6, 6.07) is 2.51. The van der Waals surface area contributed by atoms with Crippen LogP contribution in [-0.2, 0) is 0 Å². The number of nitrogens with one attached hydrogen (secondary N) is 1. The molecule has 0 saturated carbocycles. The van der Waals surface area contributed by atoms with E-state index >= 15 is 0 Å². The van der Waals surface area contributed by atoms with Gasteiger partial charge in [0.05, 0.1) is 12.7 Å². The number of aromatic nitrogens is 3. The number of hydrogen-bond donors (Lipinski definition) is 1. The Kier molecular flexibility index (Phi) is 4.22. The lowest BCUT2D eigenvalue weighted by atomic mass is 9.95. The van der Waals surface area contributed by atoms with Gasteiger partial charge >= 0.3 is 0 Å². The lowest BCUT2D eigenvalue weighted by Gasteiger charge is -2.31. The number of H-pyrrole nitrogens is 1. The zero-order valence-corrected chi connectivity index (χ0v) is 12.6. The number of hydrogen-bond acceptors (Lipinski definition) is 4. The predicted octanol–water partition coefficient (Wildman–Crippen LogP) is 2.11. The molecule has 6 nitrogen and oxygen atoms in total. The van der Waals surface area contributed by atoms with E-state index in [4.69, 9.17) is 4.74 Å². The first-order valence-electron chi connectivity index (χ1n) is 7.28. The van der Waals surface area contributed by atoms with Crippen LogP contribution in [0.3, 0.4) is 0 Å². The molecule has 23 heavy (non-hydrogen) atoms. The highest BCUT2D eigenvalue weighted by atomic mass is 19.2. The van der Waals surface area contributed by atoms with Crippen LogP contribution in [0.2, 0.25) is 0 Å². The minimum Gasteiger partial charge on any atom is -0.494 e. The summed E-state index contributed by atoms with van der Waals surface area (Å²) < 4.78 is 32.5. The predicted molar refractivity (Wildman–Crippen MR) is 77.2 cm³/mol. The van der Waals surface area contributed by atoms with Crippen molar-refractivity contribution in [1.29, 1.82) is 0 Å². The molecular weight excluding hydrogens is 306 g/mol. The van der Waals surface area contributed by atoms with Crippen LogP contribution < -0.4 is 4.74 Å². The topological polar surface area (TPSA) is 71.1 Å². The van der Waals surface area contributed by atoms with Gasteiger partial charge in [-0.3, -0.25) is 9.89 Å². The van der Waals surface area contributed by atoms with Crippen LogP contribution in [0.5, 0.6) is 5.75 Å². The first-order valence-corrected chi connectivity index (χ1v) is 7.28. The summed E-state index contributed by atoms with van der Waals surface area (Å²) in [5.41, 5.74) is -0.276. The fourth-order valence-electron chi connectivity index (χ4n) is 2.79. The Morgan fingerprint density at radius 3 is 2.65 bits per heavy atom. The van der Waals surface area contributed by atoms with Crippen molar-refractivity contribution in [2.75, 3.05) is 20.2 Å². The first kappa shape index (κ1) is 15.4. The van der Waals surface area contributed by atoms with Crippen molar-refractivity contribution >= 4 is 5.91 Å². The largest absolute Gasteiger partial charge is 0.494 e. The summed E-state index contributed by atoms with van der Waals surface area (Å²) in [5, 5.41) is 6.64. The Morgan fingerprint density at radius 1 is 1.30 bits per heavy atom. The number of carbonyl (C=O) groups is 1. The SMILES string of the molecule is COc1ccc(C(=O)N2CCC(c3ncn[nH]3)CC2)c(F)c1F. The Bertz CT molecular complexity index is 698. The molecule has 1 fully saturated rings. The second-order valence-electron chi connectivity index (χ2n) is 5.38. The maximum atomic E-state index is 14.0. The van der Waals surface area contributed by atoms with E-state index in [1.165, 1.54) is 30.5 Å². The Morgan fingerprint density at radius 2 is 2.04 bits per heavy atom. The minimum atomic E-state index is -1.17. The van der Waals surface area contributed by atoms with Crippen LogP contribution in [0.25, 0.3) is 0 Å². The zero-order chi connectivity index (χ0) is 16.4. The van der Waals surface area contributed by atoms with Gasteiger partial charge in [-0.2, -0.15) is 9.49 Å². The lowest BCUT2D eigenvalue weighted by Crippen LogP contribution is -2.38. The van der Waals surface area contributed by atoms with E-state index in [1.807, 2.05) is 0 Å². The molecule has 1 aromatic carbocycles. The average molecular weight is 322 g/mol. The molecule has 8 heteroatoms. The summed E-state index contributed by atoms with van der Waals surface area (Å²) in [5.74, 6) is -2.07. The number of halogens is 2. The summed E-state index contributed by atoms with van der Waals surface area (Å²) in [6.07, 6.45) is 2.84. The number of likely N-dealkylation sites (tertiary alicyclic amines) is 1. The first-order chi connectivity index (χ1) is 11.1. The number of piperidine rings is 1. The molecule has 1 amide bonds. The second-order valence-corrected chi connectivity index (χ2v) is 5.38. The number of aromatic amines is 1. The molecular formula is C15H16F2N4O2. The molecule has 3 rings (SSSR count). The molecule has 1 saturated heterocycles. The molecule has 1 aromatic heterocycles. The molecule has 2 heterocycles. The van der Waals surface area contributed by atoms with E-state index in [0.29, 0.717) is 25.9 Å². The number of carbonyl (C=O) groups excluding carboxylic acids is 1.